The molecule has 0 saturated carbocycles. The van der Waals surface area contributed by atoms with Crippen LogP contribution in [-0.2, 0) is 24.4 Å². The van der Waals surface area contributed by atoms with Crippen molar-refractivity contribution >= 4 is 40.7 Å². The van der Waals surface area contributed by atoms with Crippen LogP contribution in [0.5, 0.6) is 0 Å². The van der Waals surface area contributed by atoms with Crippen LogP contribution in [0.1, 0.15) is 69.6 Å². The van der Waals surface area contributed by atoms with Crippen molar-refractivity contribution in [3.63, 3.8) is 0 Å². The minimum Gasteiger partial charge on any atom is -0.364 e. The standard InChI is InChI=1S/C28H30N2O11/c1-3-13-37-40-27(34)21-16-24(30-20-11-7-18(8-12-20)26(33)39-36)22(28(35)41-38-14-4-2)15-23(21)29-19-9-5-17(6-10-19)25(31)32/h5-12,15-16,25,29-32,36H,3-4,13-14H2,1-2H3. The summed E-state index contributed by atoms with van der Waals surface area (Å²) in [4.78, 5) is 61.2. The van der Waals surface area contributed by atoms with E-state index in [-0.39, 0.29) is 46.8 Å². The lowest BCUT2D eigenvalue weighted by molar-refractivity contribution is -0.240. The molecule has 0 bridgehead atoms. The van der Waals surface area contributed by atoms with Gasteiger partial charge in [-0.3, -0.25) is 14.7 Å². The summed E-state index contributed by atoms with van der Waals surface area (Å²) in [5, 5.41) is 33.4. The summed E-state index contributed by atoms with van der Waals surface area (Å²) < 4.78 is 0. The monoisotopic (exact) mass is 570 g/mol. The van der Waals surface area contributed by atoms with Crippen LogP contribution >= 0.6 is 0 Å². The zero-order valence-corrected chi connectivity index (χ0v) is 22.3. The molecule has 3 rings (SSSR count). The molecule has 41 heavy (non-hydrogen) atoms. The summed E-state index contributed by atoms with van der Waals surface area (Å²) >= 11 is 0. The average molecular weight is 571 g/mol. The average Bonchev–Trinajstić information content (AvgIpc) is 2.98. The predicted octanol–water partition coefficient (Wildman–Crippen LogP) is 4.78. The Hall–Kier alpha value is -4.53. The fraction of sp³-hybridized carbons (Fsp3) is 0.250. The van der Waals surface area contributed by atoms with E-state index >= 15 is 0 Å². The summed E-state index contributed by atoms with van der Waals surface area (Å²) in [5.41, 5.74) is 1.38. The van der Waals surface area contributed by atoms with Crippen molar-refractivity contribution < 1.29 is 54.3 Å². The first-order valence-corrected chi connectivity index (χ1v) is 12.6. The Morgan fingerprint density at radius 2 is 1.15 bits per heavy atom. The number of hydrogen-bond donors (Lipinski definition) is 5. The number of aliphatic hydroxyl groups excluding tert-OH is 1. The Morgan fingerprint density at radius 3 is 1.54 bits per heavy atom. The normalized spacial score (nSPS) is 10.7. The molecule has 13 heteroatoms. The van der Waals surface area contributed by atoms with Gasteiger partial charge in [-0.1, -0.05) is 26.0 Å². The number of carbonyl (C=O) groups excluding carboxylic acids is 3. The molecule has 0 unspecified atom stereocenters. The number of aliphatic hydroxyl groups is 2. The van der Waals surface area contributed by atoms with Gasteiger partial charge in [-0.05, 0) is 61.4 Å². The second-order valence-corrected chi connectivity index (χ2v) is 8.53. The molecule has 0 amide bonds. The minimum atomic E-state index is -1.66. The van der Waals surface area contributed by atoms with Crippen LogP contribution in [-0.4, -0.2) is 46.6 Å². The zero-order chi connectivity index (χ0) is 29.8. The first-order valence-electron chi connectivity index (χ1n) is 12.6. The first kappa shape index (κ1) is 31.0. The van der Waals surface area contributed by atoms with Crippen molar-refractivity contribution in [3.05, 3.63) is 82.9 Å². The van der Waals surface area contributed by atoms with E-state index in [1.807, 2.05) is 13.8 Å². The van der Waals surface area contributed by atoms with E-state index in [2.05, 4.69) is 15.5 Å². The Bertz CT molecular complexity index is 1330. The largest absolute Gasteiger partial charge is 0.375 e. The van der Waals surface area contributed by atoms with Crippen LogP contribution in [0, 0.1) is 0 Å². The van der Waals surface area contributed by atoms with Gasteiger partial charge in [0.05, 0.1) is 41.3 Å². The Labute approximate surface area is 235 Å². The lowest BCUT2D eigenvalue weighted by atomic mass is 10.0. The van der Waals surface area contributed by atoms with Gasteiger partial charge in [0.1, 0.15) is 0 Å². The molecule has 0 aliphatic heterocycles. The van der Waals surface area contributed by atoms with Crippen LogP contribution < -0.4 is 10.6 Å². The first-order chi connectivity index (χ1) is 19.8. The fourth-order valence-corrected chi connectivity index (χ4v) is 3.38. The molecular weight excluding hydrogens is 540 g/mol. The highest BCUT2D eigenvalue weighted by molar-refractivity contribution is 6.04. The summed E-state index contributed by atoms with van der Waals surface area (Å²) in [6.07, 6.45) is -0.477. The zero-order valence-electron chi connectivity index (χ0n) is 22.3. The third-order valence-electron chi connectivity index (χ3n) is 5.41. The molecule has 5 N–H and O–H groups in total. The van der Waals surface area contributed by atoms with Crippen molar-refractivity contribution in [2.24, 2.45) is 0 Å². The maximum absolute atomic E-state index is 13.0. The summed E-state index contributed by atoms with van der Waals surface area (Å²) in [5.74, 6) is -2.69. The van der Waals surface area contributed by atoms with E-state index in [1.54, 1.807) is 12.1 Å². The van der Waals surface area contributed by atoms with Gasteiger partial charge < -0.3 is 20.8 Å². The molecule has 0 aromatic heterocycles. The number of hydrogen-bond acceptors (Lipinski definition) is 13. The Morgan fingerprint density at radius 1 is 0.707 bits per heavy atom. The van der Waals surface area contributed by atoms with Crippen molar-refractivity contribution in [1.29, 1.82) is 0 Å². The van der Waals surface area contributed by atoms with Gasteiger partial charge in [-0.25, -0.2) is 14.4 Å². The molecule has 0 spiro atoms. The van der Waals surface area contributed by atoms with E-state index < -0.39 is 24.2 Å². The van der Waals surface area contributed by atoms with Crippen LogP contribution in [0.4, 0.5) is 22.7 Å². The SMILES string of the molecule is CCCOOC(=O)c1cc(Nc2ccc(C(O)O)cc2)c(C(=O)OOCCC)cc1Nc1ccc(C(=O)OO)cc1. The van der Waals surface area contributed by atoms with E-state index in [0.29, 0.717) is 24.2 Å². The van der Waals surface area contributed by atoms with Gasteiger partial charge in [-0.15, -0.1) is 0 Å². The van der Waals surface area contributed by atoms with Gasteiger partial charge in [0, 0.05) is 16.9 Å². The molecule has 218 valence electrons. The lowest BCUT2D eigenvalue weighted by Crippen LogP contribution is -2.14. The number of benzene rings is 3. The molecule has 0 fully saturated rings. The number of nitrogens with one attached hydrogen (secondary N) is 2. The van der Waals surface area contributed by atoms with Crippen molar-refractivity contribution in [2.75, 3.05) is 23.8 Å². The molecule has 0 saturated heterocycles. The molecule has 3 aromatic rings. The van der Waals surface area contributed by atoms with Crippen molar-refractivity contribution in [3.8, 4) is 0 Å². The van der Waals surface area contributed by atoms with Crippen molar-refractivity contribution in [1.82, 2.24) is 0 Å². The second kappa shape index (κ2) is 15.3. The van der Waals surface area contributed by atoms with Crippen LogP contribution in [0.25, 0.3) is 0 Å². The van der Waals surface area contributed by atoms with Gasteiger partial charge in [0.2, 0.25) is 0 Å². The van der Waals surface area contributed by atoms with E-state index in [4.69, 9.17) is 24.8 Å². The van der Waals surface area contributed by atoms with E-state index in [9.17, 15) is 24.6 Å². The molecule has 0 atom stereocenters. The van der Waals surface area contributed by atoms with Crippen LogP contribution in [0.3, 0.4) is 0 Å². The third kappa shape index (κ3) is 8.73. The summed E-state index contributed by atoms with van der Waals surface area (Å²) in [6.45, 7) is 3.99. The van der Waals surface area contributed by atoms with Gasteiger partial charge in [0.15, 0.2) is 6.29 Å². The number of rotatable bonds is 14. The highest BCUT2D eigenvalue weighted by Gasteiger charge is 2.23. The van der Waals surface area contributed by atoms with E-state index in [1.165, 1.54) is 48.5 Å². The minimum absolute atomic E-state index is 0.0265. The predicted molar refractivity (Wildman–Crippen MR) is 144 cm³/mol. The Balaban J connectivity index is 2.06. The van der Waals surface area contributed by atoms with Gasteiger partial charge in [-0.2, -0.15) is 15.0 Å². The Kier molecular flexibility index (Phi) is 11.6. The molecule has 3 aromatic carbocycles. The summed E-state index contributed by atoms with van der Waals surface area (Å²) in [7, 11) is 0. The quantitative estimate of drug-likeness (QED) is 0.0773. The van der Waals surface area contributed by atoms with Crippen LogP contribution in [0.15, 0.2) is 60.7 Å². The lowest BCUT2D eigenvalue weighted by Gasteiger charge is -2.17. The maximum Gasteiger partial charge on any atom is 0.375 e. The molecule has 0 radical (unpaired) electrons. The second-order valence-electron chi connectivity index (χ2n) is 8.53. The summed E-state index contributed by atoms with van der Waals surface area (Å²) in [6, 6.07) is 14.4. The molecule has 0 aliphatic rings. The fourth-order valence-electron chi connectivity index (χ4n) is 3.38. The molecule has 0 aliphatic carbocycles. The highest BCUT2D eigenvalue weighted by atomic mass is 17.2. The smallest absolute Gasteiger partial charge is 0.364 e. The molecule has 0 heterocycles. The number of anilines is 4. The van der Waals surface area contributed by atoms with Crippen molar-refractivity contribution in [2.45, 2.75) is 33.0 Å². The van der Waals surface area contributed by atoms with Gasteiger partial charge >= 0.3 is 17.9 Å². The molecular formula is C28H30N2O11. The number of carbonyl (C=O) groups is 3. The van der Waals surface area contributed by atoms with Gasteiger partial charge in [0.25, 0.3) is 0 Å². The van der Waals surface area contributed by atoms with Crippen LogP contribution in [0.2, 0.25) is 0 Å². The topological polar surface area (TPSA) is 182 Å². The maximum atomic E-state index is 13.0. The third-order valence-corrected chi connectivity index (χ3v) is 5.41. The highest BCUT2D eigenvalue weighted by Crippen LogP contribution is 2.32. The molecule has 13 nitrogen and oxygen atoms in total. The van der Waals surface area contributed by atoms with E-state index in [0.717, 1.165) is 0 Å².